The van der Waals surface area contributed by atoms with E-state index in [9.17, 15) is 17.2 Å². The zero-order valence-corrected chi connectivity index (χ0v) is 13.0. The van der Waals surface area contributed by atoms with E-state index in [4.69, 9.17) is 9.66 Å². The van der Waals surface area contributed by atoms with Gasteiger partial charge >= 0.3 is 0 Å². The van der Waals surface area contributed by atoms with E-state index in [1.165, 1.54) is 24.3 Å². The Balaban J connectivity index is 2.17. The molecular weight excluding hydrogens is 338 g/mol. The third kappa shape index (κ3) is 3.06. The maximum absolute atomic E-state index is 13.3. The maximum Gasteiger partial charge on any atom is 0.298 e. The van der Waals surface area contributed by atoms with Gasteiger partial charge in [-0.3, -0.25) is 0 Å². The Bertz CT molecular complexity index is 953. The first-order chi connectivity index (χ1) is 11.4. The van der Waals surface area contributed by atoms with Gasteiger partial charge in [-0.1, -0.05) is 47.6 Å². The van der Waals surface area contributed by atoms with E-state index in [2.05, 4.69) is 5.16 Å². The van der Waals surface area contributed by atoms with Crippen molar-refractivity contribution in [2.45, 2.75) is 11.3 Å². The van der Waals surface area contributed by atoms with Crippen molar-refractivity contribution >= 4 is 10.0 Å². The molecule has 0 radical (unpaired) electrons. The first-order valence-corrected chi connectivity index (χ1v) is 8.39. The van der Waals surface area contributed by atoms with Crippen LogP contribution < -0.4 is 5.14 Å². The predicted molar refractivity (Wildman–Crippen MR) is 83.7 cm³/mol. The van der Waals surface area contributed by atoms with Crippen LogP contribution >= 0.6 is 0 Å². The average molecular weight is 350 g/mol. The van der Waals surface area contributed by atoms with Crippen molar-refractivity contribution < 1.29 is 21.7 Å². The van der Waals surface area contributed by atoms with Crippen LogP contribution in [0.3, 0.4) is 0 Å². The standard InChI is InChI=1S/C16H12F2N2O3S/c17-16(18)15-13(10-6-8-12(9-7-10)24(19,21)22)14(20-23-15)11-4-2-1-3-5-11/h1-9,16H,(H2,19,21,22). The van der Waals surface area contributed by atoms with E-state index in [1.807, 2.05) is 0 Å². The lowest BCUT2D eigenvalue weighted by atomic mass is 9.99. The van der Waals surface area contributed by atoms with Crippen molar-refractivity contribution in [2.24, 2.45) is 5.14 Å². The quantitative estimate of drug-likeness (QED) is 0.779. The van der Waals surface area contributed by atoms with Crippen LogP contribution in [-0.2, 0) is 10.0 Å². The number of primary sulfonamides is 1. The zero-order chi connectivity index (χ0) is 17.3. The van der Waals surface area contributed by atoms with E-state index in [-0.39, 0.29) is 16.2 Å². The lowest BCUT2D eigenvalue weighted by molar-refractivity contribution is 0.113. The van der Waals surface area contributed by atoms with Gasteiger partial charge in [0, 0.05) is 5.56 Å². The largest absolute Gasteiger partial charge is 0.354 e. The van der Waals surface area contributed by atoms with E-state index in [0.29, 0.717) is 11.1 Å². The fourth-order valence-electron chi connectivity index (χ4n) is 2.34. The molecule has 0 amide bonds. The van der Waals surface area contributed by atoms with Crippen molar-refractivity contribution in [3.63, 3.8) is 0 Å². The highest BCUT2D eigenvalue weighted by atomic mass is 32.2. The van der Waals surface area contributed by atoms with Crippen molar-refractivity contribution in [3.8, 4) is 22.4 Å². The monoisotopic (exact) mass is 350 g/mol. The number of aromatic nitrogens is 1. The molecule has 5 nitrogen and oxygen atoms in total. The Morgan fingerprint density at radius 1 is 0.958 bits per heavy atom. The molecule has 1 heterocycles. The molecule has 0 aliphatic carbocycles. The minimum absolute atomic E-state index is 0.109. The molecule has 0 bridgehead atoms. The molecule has 0 spiro atoms. The summed E-state index contributed by atoms with van der Waals surface area (Å²) in [5.41, 5.74) is 1.35. The third-order valence-corrected chi connectivity index (χ3v) is 4.36. The molecule has 0 aliphatic heterocycles. The Morgan fingerprint density at radius 3 is 2.12 bits per heavy atom. The average Bonchev–Trinajstić information content (AvgIpc) is 3.00. The zero-order valence-electron chi connectivity index (χ0n) is 12.2. The molecule has 0 atom stereocenters. The molecule has 0 aliphatic rings. The van der Waals surface area contributed by atoms with Crippen molar-refractivity contribution in [1.29, 1.82) is 0 Å². The lowest BCUT2D eigenvalue weighted by Gasteiger charge is -2.06. The van der Waals surface area contributed by atoms with Crippen LogP contribution in [0.15, 0.2) is 64.0 Å². The van der Waals surface area contributed by atoms with Crippen LogP contribution in [0.1, 0.15) is 12.2 Å². The number of benzene rings is 2. The summed E-state index contributed by atoms with van der Waals surface area (Å²) >= 11 is 0. The maximum atomic E-state index is 13.3. The second-order valence-corrected chi connectivity index (χ2v) is 6.57. The molecule has 8 heteroatoms. The van der Waals surface area contributed by atoms with Gasteiger partial charge in [0.2, 0.25) is 15.8 Å². The summed E-state index contributed by atoms with van der Waals surface area (Å²) in [7, 11) is -3.86. The smallest absolute Gasteiger partial charge is 0.298 e. The summed E-state index contributed by atoms with van der Waals surface area (Å²) in [5, 5.41) is 8.80. The summed E-state index contributed by atoms with van der Waals surface area (Å²) < 4.78 is 54.0. The summed E-state index contributed by atoms with van der Waals surface area (Å²) in [4.78, 5) is -0.109. The number of alkyl halides is 2. The topological polar surface area (TPSA) is 86.2 Å². The van der Waals surface area contributed by atoms with E-state index in [1.54, 1.807) is 30.3 Å². The Labute approximate surface area is 136 Å². The molecule has 2 N–H and O–H groups in total. The normalized spacial score (nSPS) is 11.8. The van der Waals surface area contributed by atoms with Gasteiger partial charge in [-0.2, -0.15) is 0 Å². The second kappa shape index (κ2) is 6.14. The second-order valence-electron chi connectivity index (χ2n) is 5.01. The summed E-state index contributed by atoms with van der Waals surface area (Å²) in [6, 6.07) is 14.0. The van der Waals surface area contributed by atoms with Crippen LogP contribution in [0.5, 0.6) is 0 Å². The van der Waals surface area contributed by atoms with Gasteiger partial charge < -0.3 is 4.52 Å². The Kier molecular flexibility index (Phi) is 4.16. The lowest BCUT2D eigenvalue weighted by Crippen LogP contribution is -2.11. The number of halogens is 2. The predicted octanol–water partition coefficient (Wildman–Crippen LogP) is 3.59. The molecule has 0 unspecified atom stereocenters. The van der Waals surface area contributed by atoms with E-state index >= 15 is 0 Å². The third-order valence-electron chi connectivity index (χ3n) is 3.44. The molecule has 0 fully saturated rings. The first-order valence-electron chi connectivity index (χ1n) is 6.84. The van der Waals surface area contributed by atoms with Crippen molar-refractivity contribution in [2.75, 3.05) is 0 Å². The van der Waals surface area contributed by atoms with Crippen LogP contribution in [-0.4, -0.2) is 13.6 Å². The first kappa shape index (κ1) is 16.3. The van der Waals surface area contributed by atoms with Gasteiger partial charge in [-0.15, -0.1) is 0 Å². The highest BCUT2D eigenvalue weighted by Crippen LogP contribution is 2.39. The Hall–Kier alpha value is -2.58. The number of hydrogen-bond donors (Lipinski definition) is 1. The number of hydrogen-bond acceptors (Lipinski definition) is 4. The minimum atomic E-state index is -3.86. The molecule has 3 aromatic rings. The number of nitrogens with zero attached hydrogens (tertiary/aromatic N) is 1. The van der Waals surface area contributed by atoms with E-state index in [0.717, 1.165) is 0 Å². The fraction of sp³-hybridized carbons (Fsp3) is 0.0625. The molecule has 0 saturated heterocycles. The van der Waals surface area contributed by atoms with Crippen LogP contribution in [0, 0.1) is 0 Å². The van der Waals surface area contributed by atoms with Crippen LogP contribution in [0.4, 0.5) is 8.78 Å². The van der Waals surface area contributed by atoms with E-state index < -0.39 is 22.2 Å². The summed E-state index contributed by atoms with van der Waals surface area (Å²) in [5.74, 6) is -0.572. The number of rotatable bonds is 4. The van der Waals surface area contributed by atoms with Crippen LogP contribution in [0.25, 0.3) is 22.4 Å². The van der Waals surface area contributed by atoms with Crippen molar-refractivity contribution in [1.82, 2.24) is 5.16 Å². The molecule has 24 heavy (non-hydrogen) atoms. The van der Waals surface area contributed by atoms with Gasteiger partial charge in [0.1, 0.15) is 5.69 Å². The molecule has 3 rings (SSSR count). The highest BCUT2D eigenvalue weighted by molar-refractivity contribution is 7.89. The SMILES string of the molecule is NS(=O)(=O)c1ccc(-c2c(-c3ccccc3)noc2C(F)F)cc1. The summed E-state index contributed by atoms with van der Waals surface area (Å²) in [6.07, 6.45) is -2.86. The molecule has 124 valence electrons. The summed E-state index contributed by atoms with van der Waals surface area (Å²) in [6.45, 7) is 0. The van der Waals surface area contributed by atoms with Gasteiger partial charge in [0.15, 0.2) is 0 Å². The number of nitrogens with two attached hydrogens (primary N) is 1. The van der Waals surface area contributed by atoms with Gasteiger partial charge in [-0.05, 0) is 17.7 Å². The van der Waals surface area contributed by atoms with Gasteiger partial charge in [0.25, 0.3) is 6.43 Å². The Morgan fingerprint density at radius 2 is 1.58 bits per heavy atom. The number of sulfonamides is 1. The molecule has 2 aromatic carbocycles. The molecule has 0 saturated carbocycles. The van der Waals surface area contributed by atoms with Crippen molar-refractivity contribution in [3.05, 3.63) is 60.4 Å². The minimum Gasteiger partial charge on any atom is -0.354 e. The van der Waals surface area contributed by atoms with Gasteiger partial charge in [-0.25, -0.2) is 22.3 Å². The van der Waals surface area contributed by atoms with Crippen LogP contribution in [0.2, 0.25) is 0 Å². The van der Waals surface area contributed by atoms with Gasteiger partial charge in [0.05, 0.1) is 10.5 Å². The highest BCUT2D eigenvalue weighted by Gasteiger charge is 2.25. The fourth-order valence-corrected chi connectivity index (χ4v) is 2.85. The molecule has 1 aromatic heterocycles. The molecular formula is C16H12F2N2O3S.